The maximum Gasteiger partial charge on any atom is 0.325 e. The van der Waals surface area contributed by atoms with Crippen LogP contribution in [0.1, 0.15) is 69.4 Å². The third-order valence-corrected chi connectivity index (χ3v) is 6.15. The molecule has 1 aromatic rings. The molecule has 0 aromatic carbocycles. The normalized spacial score (nSPS) is 21.4. The average Bonchev–Trinajstić information content (AvgIpc) is 3.05. The summed E-state index contributed by atoms with van der Waals surface area (Å²) in [6, 6.07) is -0.373. The van der Waals surface area contributed by atoms with Gasteiger partial charge in [-0.15, -0.1) is 10.2 Å². The molecule has 9 nitrogen and oxygen atoms in total. The predicted molar refractivity (Wildman–Crippen MR) is 100 cm³/mol. The summed E-state index contributed by atoms with van der Waals surface area (Å²) in [5.41, 5.74) is -0.731. The van der Waals surface area contributed by atoms with E-state index in [0.29, 0.717) is 19.4 Å². The Labute approximate surface area is 164 Å². The highest BCUT2D eigenvalue weighted by atomic mass is 16.2. The Morgan fingerprint density at radius 3 is 2.68 bits per heavy atom. The molecule has 2 fully saturated rings. The summed E-state index contributed by atoms with van der Waals surface area (Å²) < 4.78 is 2.09. The summed E-state index contributed by atoms with van der Waals surface area (Å²) in [5.74, 6) is 1.38. The van der Waals surface area contributed by atoms with E-state index in [1.807, 2.05) is 0 Å². The van der Waals surface area contributed by atoms with Crippen LogP contribution in [0.4, 0.5) is 4.79 Å². The Kier molecular flexibility index (Phi) is 5.32. The SMILES string of the molecule is O=C(CCN1C(=O)NC2(CCCCC2)C1=O)NCc1nnc2n1CCCCC2. The summed E-state index contributed by atoms with van der Waals surface area (Å²) in [6.45, 7) is 1.31. The first-order chi connectivity index (χ1) is 13.6. The fourth-order valence-corrected chi connectivity index (χ4v) is 4.53. The Balaban J connectivity index is 1.29. The topological polar surface area (TPSA) is 109 Å². The minimum Gasteiger partial charge on any atom is -0.349 e. The number of carbonyl (C=O) groups excluding carboxylic acids is 3. The van der Waals surface area contributed by atoms with Crippen molar-refractivity contribution in [3.8, 4) is 0 Å². The van der Waals surface area contributed by atoms with Crippen LogP contribution in [0.15, 0.2) is 0 Å². The van der Waals surface area contributed by atoms with Crippen LogP contribution in [0.3, 0.4) is 0 Å². The fraction of sp³-hybridized carbons (Fsp3) is 0.737. The van der Waals surface area contributed by atoms with Gasteiger partial charge in [0.05, 0.1) is 6.54 Å². The smallest absolute Gasteiger partial charge is 0.325 e. The van der Waals surface area contributed by atoms with E-state index < -0.39 is 5.54 Å². The number of hydrogen-bond acceptors (Lipinski definition) is 5. The van der Waals surface area contributed by atoms with Crippen LogP contribution < -0.4 is 10.6 Å². The Morgan fingerprint density at radius 2 is 1.86 bits per heavy atom. The van der Waals surface area contributed by atoms with Crippen molar-refractivity contribution in [1.29, 1.82) is 0 Å². The molecule has 9 heteroatoms. The fourth-order valence-electron chi connectivity index (χ4n) is 4.53. The lowest BCUT2D eigenvalue weighted by molar-refractivity contribution is -0.132. The molecule has 1 aliphatic carbocycles. The zero-order valence-electron chi connectivity index (χ0n) is 16.2. The van der Waals surface area contributed by atoms with Crippen molar-refractivity contribution in [2.24, 2.45) is 0 Å². The lowest BCUT2D eigenvalue weighted by atomic mass is 9.82. The molecular weight excluding hydrogens is 360 g/mol. The molecule has 4 amide bonds. The molecular formula is C19H28N6O3. The largest absolute Gasteiger partial charge is 0.349 e. The van der Waals surface area contributed by atoms with Crippen LogP contribution >= 0.6 is 0 Å². The highest BCUT2D eigenvalue weighted by Gasteiger charge is 2.51. The molecule has 0 bridgehead atoms. The van der Waals surface area contributed by atoms with Gasteiger partial charge in [-0.25, -0.2) is 4.79 Å². The Hall–Kier alpha value is -2.45. The van der Waals surface area contributed by atoms with Crippen molar-refractivity contribution in [2.45, 2.75) is 82.8 Å². The summed E-state index contributed by atoms with van der Waals surface area (Å²) in [4.78, 5) is 38.5. The van der Waals surface area contributed by atoms with E-state index in [9.17, 15) is 14.4 Å². The second-order valence-corrected chi connectivity index (χ2v) is 8.05. The van der Waals surface area contributed by atoms with E-state index in [1.165, 1.54) is 11.3 Å². The lowest BCUT2D eigenvalue weighted by Crippen LogP contribution is -2.48. The minimum atomic E-state index is -0.731. The van der Waals surface area contributed by atoms with Gasteiger partial charge >= 0.3 is 6.03 Å². The molecule has 28 heavy (non-hydrogen) atoms. The number of carbonyl (C=O) groups is 3. The Bertz CT molecular complexity index is 768. The van der Waals surface area contributed by atoms with Gasteiger partial charge in [0.15, 0.2) is 5.82 Å². The number of fused-ring (bicyclic) bond motifs is 1. The van der Waals surface area contributed by atoms with Gasteiger partial charge in [0.1, 0.15) is 11.4 Å². The van der Waals surface area contributed by atoms with E-state index in [-0.39, 0.29) is 30.8 Å². The third kappa shape index (κ3) is 3.62. The number of amides is 4. The van der Waals surface area contributed by atoms with Gasteiger partial charge < -0.3 is 15.2 Å². The zero-order valence-corrected chi connectivity index (χ0v) is 16.2. The van der Waals surface area contributed by atoms with Crippen LogP contribution in [-0.2, 0) is 29.1 Å². The summed E-state index contributed by atoms with van der Waals surface area (Å²) >= 11 is 0. The molecule has 1 saturated carbocycles. The van der Waals surface area contributed by atoms with Crippen LogP contribution in [0.5, 0.6) is 0 Å². The second-order valence-electron chi connectivity index (χ2n) is 8.05. The van der Waals surface area contributed by atoms with Gasteiger partial charge in [-0.05, 0) is 25.7 Å². The predicted octanol–water partition coefficient (Wildman–Crippen LogP) is 1.27. The number of imide groups is 1. The van der Waals surface area contributed by atoms with Gasteiger partial charge in [0.25, 0.3) is 5.91 Å². The molecule has 152 valence electrons. The van der Waals surface area contributed by atoms with Crippen molar-refractivity contribution in [3.63, 3.8) is 0 Å². The van der Waals surface area contributed by atoms with Crippen molar-refractivity contribution in [1.82, 2.24) is 30.3 Å². The van der Waals surface area contributed by atoms with E-state index in [0.717, 1.165) is 56.7 Å². The first-order valence-electron chi connectivity index (χ1n) is 10.4. The number of nitrogens with one attached hydrogen (secondary N) is 2. The van der Waals surface area contributed by atoms with Crippen molar-refractivity contribution in [2.75, 3.05) is 6.54 Å². The number of urea groups is 1. The highest BCUT2D eigenvalue weighted by Crippen LogP contribution is 2.33. The molecule has 1 spiro atoms. The molecule has 2 N–H and O–H groups in total. The van der Waals surface area contributed by atoms with Gasteiger partial charge in [0, 0.05) is 25.9 Å². The maximum atomic E-state index is 12.7. The Morgan fingerprint density at radius 1 is 1.07 bits per heavy atom. The van der Waals surface area contributed by atoms with Gasteiger partial charge in [-0.3, -0.25) is 14.5 Å². The molecule has 0 unspecified atom stereocenters. The van der Waals surface area contributed by atoms with Crippen LogP contribution in [0, 0.1) is 0 Å². The third-order valence-electron chi connectivity index (χ3n) is 6.15. The standard InChI is InChI=1S/C19H28N6O3/c26-16(20-13-15-23-22-14-7-3-1-6-11-24(14)15)8-12-25-17(27)19(21-18(25)28)9-4-2-5-10-19/h1-13H2,(H,20,26)(H,21,28). The maximum absolute atomic E-state index is 12.7. The summed E-state index contributed by atoms with van der Waals surface area (Å²) in [7, 11) is 0. The summed E-state index contributed by atoms with van der Waals surface area (Å²) in [6.07, 6.45) is 8.80. The van der Waals surface area contributed by atoms with Crippen LogP contribution in [0.25, 0.3) is 0 Å². The van der Waals surface area contributed by atoms with E-state index >= 15 is 0 Å². The first-order valence-corrected chi connectivity index (χ1v) is 10.4. The molecule has 1 aromatic heterocycles. The zero-order chi connectivity index (χ0) is 19.6. The van der Waals surface area contributed by atoms with Crippen LogP contribution in [0.2, 0.25) is 0 Å². The molecule has 2 aliphatic heterocycles. The van der Waals surface area contributed by atoms with Gasteiger partial charge in [-0.1, -0.05) is 25.7 Å². The van der Waals surface area contributed by atoms with Crippen molar-refractivity contribution < 1.29 is 14.4 Å². The lowest BCUT2D eigenvalue weighted by Gasteiger charge is -2.30. The average molecular weight is 388 g/mol. The molecule has 4 rings (SSSR count). The van der Waals surface area contributed by atoms with Gasteiger partial charge in [-0.2, -0.15) is 0 Å². The first kappa shape index (κ1) is 18.9. The summed E-state index contributed by atoms with van der Waals surface area (Å²) in [5, 5.41) is 14.1. The van der Waals surface area contributed by atoms with Gasteiger partial charge in [0.2, 0.25) is 5.91 Å². The molecule has 0 atom stereocenters. The quantitative estimate of drug-likeness (QED) is 0.738. The van der Waals surface area contributed by atoms with Crippen molar-refractivity contribution in [3.05, 3.63) is 11.6 Å². The number of nitrogens with zero attached hydrogens (tertiary/aromatic N) is 4. The number of rotatable bonds is 5. The van der Waals surface area contributed by atoms with E-state index in [4.69, 9.17) is 0 Å². The molecule has 0 radical (unpaired) electrons. The molecule has 3 aliphatic rings. The van der Waals surface area contributed by atoms with E-state index in [2.05, 4.69) is 25.4 Å². The second kappa shape index (κ2) is 7.89. The van der Waals surface area contributed by atoms with E-state index in [1.54, 1.807) is 0 Å². The number of aromatic nitrogens is 3. The molecule has 3 heterocycles. The van der Waals surface area contributed by atoms with Crippen LogP contribution in [-0.4, -0.2) is 49.6 Å². The van der Waals surface area contributed by atoms with Crippen molar-refractivity contribution >= 4 is 17.8 Å². The minimum absolute atomic E-state index is 0.0935. The molecule has 1 saturated heterocycles. The highest BCUT2D eigenvalue weighted by molar-refractivity contribution is 6.07. The number of hydrogen-bond donors (Lipinski definition) is 2. The monoisotopic (exact) mass is 388 g/mol. The number of aryl methyl sites for hydroxylation is 1.